The Kier molecular flexibility index (Phi) is 5.62. The molecule has 0 saturated heterocycles. The Labute approximate surface area is 101 Å². The summed E-state index contributed by atoms with van der Waals surface area (Å²) in [6.45, 7) is 2.84. The molecule has 17 heavy (non-hydrogen) atoms. The van der Waals surface area contributed by atoms with E-state index in [1.807, 2.05) is 17.8 Å². The number of carboxylic acids is 1. The molecule has 1 heterocycles. The molecule has 0 radical (unpaired) electrons. The molecule has 0 bridgehead atoms. The van der Waals surface area contributed by atoms with Gasteiger partial charge in [-0.05, 0) is 32.7 Å². The van der Waals surface area contributed by atoms with Gasteiger partial charge in [0.05, 0.1) is 5.69 Å². The number of hydrogen-bond donors (Lipinski definition) is 2. The van der Waals surface area contributed by atoms with Gasteiger partial charge in [0.25, 0.3) is 0 Å². The van der Waals surface area contributed by atoms with E-state index in [-0.39, 0.29) is 0 Å². The van der Waals surface area contributed by atoms with Gasteiger partial charge in [-0.1, -0.05) is 12.1 Å². The summed E-state index contributed by atoms with van der Waals surface area (Å²) in [4.78, 5) is 10.7. The number of likely N-dealkylation sites (N-methyl/N-ethyl adjacent to an activating group) is 1. The monoisotopic (exact) mass is 240 g/mol. The van der Waals surface area contributed by atoms with Gasteiger partial charge in [-0.2, -0.15) is 0 Å². The number of aromatic nitrogens is 3. The molecule has 0 aliphatic heterocycles. The summed E-state index contributed by atoms with van der Waals surface area (Å²) in [6.07, 6.45) is 5.24. The maximum Gasteiger partial charge on any atom is 0.320 e. The number of carbonyl (C=O) groups is 1. The second-order valence-electron chi connectivity index (χ2n) is 4.00. The van der Waals surface area contributed by atoms with E-state index in [2.05, 4.69) is 15.6 Å². The third kappa shape index (κ3) is 4.52. The second kappa shape index (κ2) is 7.01. The van der Waals surface area contributed by atoms with Gasteiger partial charge in [0, 0.05) is 12.7 Å². The molecule has 2 N–H and O–H groups in total. The topological polar surface area (TPSA) is 80.0 Å². The number of unbranched alkanes of at least 4 members (excludes halogenated alkanes) is 1. The van der Waals surface area contributed by atoms with Crippen molar-refractivity contribution in [1.29, 1.82) is 0 Å². The molecule has 0 spiro atoms. The molecule has 1 unspecified atom stereocenters. The summed E-state index contributed by atoms with van der Waals surface area (Å²) in [5.41, 5.74) is 0.989. The predicted molar refractivity (Wildman–Crippen MR) is 63.7 cm³/mol. The van der Waals surface area contributed by atoms with E-state index in [1.165, 1.54) is 0 Å². The molecule has 1 rings (SSSR count). The Morgan fingerprint density at radius 3 is 2.88 bits per heavy atom. The molecule has 0 saturated carbocycles. The minimum absolute atomic E-state index is 0.447. The van der Waals surface area contributed by atoms with Crippen molar-refractivity contribution in [3.05, 3.63) is 11.9 Å². The number of nitrogens with zero attached hydrogens (tertiary/aromatic N) is 3. The van der Waals surface area contributed by atoms with Crippen LogP contribution in [0.5, 0.6) is 0 Å². The van der Waals surface area contributed by atoms with Crippen molar-refractivity contribution in [3.63, 3.8) is 0 Å². The Hall–Kier alpha value is -1.43. The third-order valence-corrected chi connectivity index (χ3v) is 2.72. The molecule has 0 amide bonds. The van der Waals surface area contributed by atoms with Gasteiger partial charge in [0.1, 0.15) is 6.04 Å². The normalized spacial score (nSPS) is 12.6. The molecule has 0 aliphatic carbocycles. The van der Waals surface area contributed by atoms with Crippen LogP contribution in [0.15, 0.2) is 6.20 Å². The number of carboxylic acid groups (broad SMARTS) is 1. The van der Waals surface area contributed by atoms with Gasteiger partial charge in [-0.15, -0.1) is 5.10 Å². The zero-order valence-electron chi connectivity index (χ0n) is 10.4. The highest BCUT2D eigenvalue weighted by Gasteiger charge is 2.13. The molecule has 6 heteroatoms. The number of rotatable bonds is 8. The predicted octanol–water partition coefficient (Wildman–Crippen LogP) is 0.683. The van der Waals surface area contributed by atoms with Crippen molar-refractivity contribution in [3.8, 4) is 0 Å². The first-order valence-electron chi connectivity index (χ1n) is 5.96. The second-order valence-corrected chi connectivity index (χ2v) is 4.00. The standard InChI is InChI=1S/C11H20N4O2/c1-3-9-8-15(14-13-9)7-5-4-6-10(12-2)11(16)17/h8,10,12H,3-7H2,1-2H3,(H,16,17). The summed E-state index contributed by atoms with van der Waals surface area (Å²) in [5, 5.41) is 19.6. The lowest BCUT2D eigenvalue weighted by Crippen LogP contribution is -2.33. The van der Waals surface area contributed by atoms with Crippen molar-refractivity contribution in [2.45, 2.75) is 45.2 Å². The van der Waals surface area contributed by atoms with Crippen LogP contribution in [0.4, 0.5) is 0 Å². The quantitative estimate of drug-likeness (QED) is 0.653. The van der Waals surface area contributed by atoms with Gasteiger partial charge >= 0.3 is 5.97 Å². The number of nitrogens with one attached hydrogen (secondary N) is 1. The van der Waals surface area contributed by atoms with Crippen molar-refractivity contribution in [2.75, 3.05) is 7.05 Å². The van der Waals surface area contributed by atoms with Crippen LogP contribution >= 0.6 is 0 Å². The first-order valence-corrected chi connectivity index (χ1v) is 5.96. The summed E-state index contributed by atoms with van der Waals surface area (Å²) >= 11 is 0. The molecular weight excluding hydrogens is 220 g/mol. The average Bonchev–Trinajstić information content (AvgIpc) is 2.76. The van der Waals surface area contributed by atoms with Crippen molar-refractivity contribution >= 4 is 5.97 Å². The average molecular weight is 240 g/mol. The van der Waals surface area contributed by atoms with E-state index in [0.29, 0.717) is 6.42 Å². The van der Waals surface area contributed by atoms with Crippen LogP contribution < -0.4 is 5.32 Å². The lowest BCUT2D eigenvalue weighted by molar-refractivity contribution is -0.139. The Morgan fingerprint density at radius 2 is 2.35 bits per heavy atom. The Bertz CT molecular complexity index is 351. The SMILES string of the molecule is CCc1cn(CCCCC(NC)C(=O)O)nn1. The van der Waals surface area contributed by atoms with Crippen molar-refractivity contribution in [2.24, 2.45) is 0 Å². The first kappa shape index (κ1) is 13.6. The summed E-state index contributed by atoms with van der Waals surface area (Å²) in [5.74, 6) is -0.790. The largest absolute Gasteiger partial charge is 0.480 e. The van der Waals surface area contributed by atoms with Gasteiger partial charge in [0.15, 0.2) is 0 Å². The fourth-order valence-electron chi connectivity index (χ4n) is 1.62. The van der Waals surface area contributed by atoms with E-state index >= 15 is 0 Å². The van der Waals surface area contributed by atoms with Gasteiger partial charge in [0.2, 0.25) is 0 Å². The Balaban J connectivity index is 2.21. The van der Waals surface area contributed by atoms with Crippen LogP contribution in [0.3, 0.4) is 0 Å². The Morgan fingerprint density at radius 1 is 1.59 bits per heavy atom. The fraction of sp³-hybridized carbons (Fsp3) is 0.727. The molecule has 1 aromatic heterocycles. The lowest BCUT2D eigenvalue weighted by Gasteiger charge is -2.10. The van der Waals surface area contributed by atoms with E-state index < -0.39 is 12.0 Å². The van der Waals surface area contributed by atoms with Crippen LogP contribution in [0.25, 0.3) is 0 Å². The van der Waals surface area contributed by atoms with E-state index in [1.54, 1.807) is 7.05 Å². The minimum atomic E-state index is -0.790. The van der Waals surface area contributed by atoms with E-state index in [9.17, 15) is 4.79 Å². The van der Waals surface area contributed by atoms with Crippen LogP contribution in [0.2, 0.25) is 0 Å². The molecule has 0 fully saturated rings. The van der Waals surface area contributed by atoms with Gasteiger partial charge < -0.3 is 10.4 Å². The number of aliphatic carboxylic acids is 1. The highest BCUT2D eigenvalue weighted by molar-refractivity contribution is 5.73. The lowest BCUT2D eigenvalue weighted by atomic mass is 10.1. The van der Waals surface area contributed by atoms with E-state index in [4.69, 9.17) is 5.11 Å². The fourth-order valence-corrected chi connectivity index (χ4v) is 1.62. The first-order chi connectivity index (χ1) is 8.17. The number of hydrogen-bond acceptors (Lipinski definition) is 4. The van der Waals surface area contributed by atoms with E-state index in [0.717, 1.165) is 31.5 Å². The third-order valence-electron chi connectivity index (χ3n) is 2.72. The van der Waals surface area contributed by atoms with Gasteiger partial charge in [-0.3, -0.25) is 9.48 Å². The highest BCUT2D eigenvalue weighted by Crippen LogP contribution is 2.03. The molecule has 1 atom stereocenters. The molecule has 96 valence electrons. The minimum Gasteiger partial charge on any atom is -0.480 e. The number of aryl methyl sites for hydroxylation is 2. The van der Waals surface area contributed by atoms with Crippen molar-refractivity contribution in [1.82, 2.24) is 20.3 Å². The summed E-state index contributed by atoms with van der Waals surface area (Å²) in [6, 6.07) is -0.447. The zero-order chi connectivity index (χ0) is 12.7. The highest BCUT2D eigenvalue weighted by atomic mass is 16.4. The zero-order valence-corrected chi connectivity index (χ0v) is 10.4. The van der Waals surface area contributed by atoms with Crippen molar-refractivity contribution < 1.29 is 9.90 Å². The smallest absolute Gasteiger partial charge is 0.320 e. The molecule has 1 aromatic rings. The van der Waals surface area contributed by atoms with Crippen LogP contribution in [-0.2, 0) is 17.8 Å². The van der Waals surface area contributed by atoms with Gasteiger partial charge in [-0.25, -0.2) is 0 Å². The summed E-state index contributed by atoms with van der Waals surface area (Å²) < 4.78 is 1.81. The maximum absolute atomic E-state index is 10.7. The van der Waals surface area contributed by atoms with Crippen LogP contribution in [-0.4, -0.2) is 39.2 Å². The van der Waals surface area contributed by atoms with Crippen LogP contribution in [0.1, 0.15) is 31.9 Å². The maximum atomic E-state index is 10.7. The summed E-state index contributed by atoms with van der Waals surface area (Å²) in [7, 11) is 1.67. The molecular formula is C11H20N4O2. The molecule has 0 aliphatic rings. The molecule has 0 aromatic carbocycles. The van der Waals surface area contributed by atoms with Crippen LogP contribution in [0, 0.1) is 0 Å². The molecule has 6 nitrogen and oxygen atoms in total.